The number of aliphatic hydroxyl groups is 1. The molecule has 2 aromatic carbocycles. The number of carbonyl (C=O) groups excluding carboxylic acids is 2. The SMILES string of the molecule is Cc1ccc(C2C(=C(O)c3nc4c(C)cccn4c3C)C(=O)C(=O)N2c2nnc(SCc3ccccc3)s2)cc1. The number of aliphatic hydroxyl groups excluding tert-OH is 1. The third-order valence-corrected chi connectivity index (χ3v) is 9.08. The molecule has 1 aliphatic rings. The first-order valence-electron chi connectivity index (χ1n) is 12.7. The summed E-state index contributed by atoms with van der Waals surface area (Å²) in [7, 11) is 0. The number of Topliss-reactive ketones (excluding diaryl/α,β-unsaturated/α-hetero) is 1. The van der Waals surface area contributed by atoms with Gasteiger partial charge in [0.2, 0.25) is 5.13 Å². The number of fused-ring (bicyclic) bond motifs is 1. The number of amides is 1. The quantitative estimate of drug-likeness (QED) is 0.0879. The van der Waals surface area contributed by atoms with Crippen LogP contribution in [0.25, 0.3) is 11.4 Å². The third kappa shape index (κ3) is 4.48. The molecule has 0 spiro atoms. The molecule has 1 amide bonds. The van der Waals surface area contributed by atoms with Gasteiger partial charge < -0.3 is 9.51 Å². The van der Waals surface area contributed by atoms with E-state index >= 15 is 0 Å². The van der Waals surface area contributed by atoms with Crippen LogP contribution in [0.1, 0.15) is 39.7 Å². The number of ketones is 1. The van der Waals surface area contributed by atoms with Gasteiger partial charge in [0.25, 0.3) is 5.78 Å². The summed E-state index contributed by atoms with van der Waals surface area (Å²) in [6, 6.07) is 20.5. The molecule has 6 rings (SSSR count). The highest BCUT2D eigenvalue weighted by atomic mass is 32.2. The van der Waals surface area contributed by atoms with Crippen LogP contribution in [0.4, 0.5) is 5.13 Å². The van der Waals surface area contributed by atoms with Crippen LogP contribution >= 0.6 is 23.1 Å². The highest BCUT2D eigenvalue weighted by Gasteiger charge is 2.48. The van der Waals surface area contributed by atoms with Crippen molar-refractivity contribution >= 4 is 51.3 Å². The molecule has 0 bridgehead atoms. The van der Waals surface area contributed by atoms with Crippen LogP contribution in [0, 0.1) is 20.8 Å². The van der Waals surface area contributed by atoms with E-state index in [0.29, 0.717) is 32.1 Å². The zero-order chi connectivity index (χ0) is 28.0. The summed E-state index contributed by atoms with van der Waals surface area (Å²) >= 11 is 2.76. The van der Waals surface area contributed by atoms with E-state index in [1.165, 1.54) is 28.0 Å². The Hall–Kier alpha value is -4.28. The van der Waals surface area contributed by atoms with E-state index in [2.05, 4.69) is 15.2 Å². The van der Waals surface area contributed by atoms with Gasteiger partial charge in [0.15, 0.2) is 10.1 Å². The zero-order valence-electron chi connectivity index (χ0n) is 22.0. The van der Waals surface area contributed by atoms with Crippen molar-refractivity contribution in [3.63, 3.8) is 0 Å². The van der Waals surface area contributed by atoms with Gasteiger partial charge in [-0.3, -0.25) is 14.5 Å². The molecule has 1 unspecified atom stereocenters. The van der Waals surface area contributed by atoms with Crippen molar-refractivity contribution in [2.45, 2.75) is 36.9 Å². The predicted octanol–water partition coefficient (Wildman–Crippen LogP) is 6.03. The lowest BCUT2D eigenvalue weighted by Gasteiger charge is -2.22. The van der Waals surface area contributed by atoms with Gasteiger partial charge in [-0.05, 0) is 43.5 Å². The molecule has 0 aliphatic carbocycles. The molecule has 1 atom stereocenters. The number of rotatable bonds is 6. The minimum absolute atomic E-state index is 0.0216. The molecule has 10 heteroatoms. The lowest BCUT2D eigenvalue weighted by Crippen LogP contribution is -2.29. The second-order valence-corrected chi connectivity index (χ2v) is 11.8. The molecule has 200 valence electrons. The van der Waals surface area contributed by atoms with Gasteiger partial charge in [0.05, 0.1) is 17.3 Å². The Balaban J connectivity index is 1.45. The predicted molar refractivity (Wildman–Crippen MR) is 157 cm³/mol. The average molecular weight is 568 g/mol. The molecule has 0 saturated carbocycles. The minimum atomic E-state index is -0.883. The average Bonchev–Trinajstić information content (AvgIpc) is 3.64. The number of carbonyl (C=O) groups is 2. The van der Waals surface area contributed by atoms with Crippen LogP contribution in [0.5, 0.6) is 0 Å². The van der Waals surface area contributed by atoms with Gasteiger partial charge >= 0.3 is 5.91 Å². The fraction of sp³-hybridized carbons (Fsp3) is 0.167. The number of aryl methyl sites for hydroxylation is 3. The molecular formula is C30H25N5O3S2. The molecule has 1 aliphatic heterocycles. The zero-order valence-corrected chi connectivity index (χ0v) is 23.7. The summed E-state index contributed by atoms with van der Waals surface area (Å²) in [5, 5.41) is 20.5. The first-order chi connectivity index (χ1) is 19.3. The van der Waals surface area contributed by atoms with Gasteiger partial charge in [-0.2, -0.15) is 0 Å². The van der Waals surface area contributed by atoms with Crippen LogP contribution < -0.4 is 4.90 Å². The van der Waals surface area contributed by atoms with E-state index in [0.717, 1.165) is 16.7 Å². The number of thioether (sulfide) groups is 1. The fourth-order valence-electron chi connectivity index (χ4n) is 4.85. The van der Waals surface area contributed by atoms with Crippen LogP contribution in [0.2, 0.25) is 0 Å². The maximum Gasteiger partial charge on any atom is 0.301 e. The van der Waals surface area contributed by atoms with Crippen molar-refractivity contribution in [3.05, 3.63) is 112 Å². The number of anilines is 1. The van der Waals surface area contributed by atoms with Crippen LogP contribution in [0.15, 0.2) is 82.8 Å². The van der Waals surface area contributed by atoms with E-state index < -0.39 is 17.7 Å². The van der Waals surface area contributed by atoms with Crippen molar-refractivity contribution in [1.29, 1.82) is 0 Å². The molecule has 8 nitrogen and oxygen atoms in total. The normalized spacial score (nSPS) is 16.8. The molecule has 5 aromatic rings. The Morgan fingerprint density at radius 1 is 0.975 bits per heavy atom. The summed E-state index contributed by atoms with van der Waals surface area (Å²) in [4.78, 5) is 33.1. The second kappa shape index (κ2) is 10.4. The minimum Gasteiger partial charge on any atom is -0.505 e. The summed E-state index contributed by atoms with van der Waals surface area (Å²) in [6.07, 6.45) is 1.85. The molecule has 0 radical (unpaired) electrons. The number of imidazole rings is 1. The number of hydrogen-bond donors (Lipinski definition) is 1. The van der Waals surface area contributed by atoms with E-state index in [-0.39, 0.29) is 17.0 Å². The Bertz CT molecular complexity index is 1790. The number of nitrogens with zero attached hydrogens (tertiary/aromatic N) is 5. The summed E-state index contributed by atoms with van der Waals surface area (Å²) in [6.45, 7) is 5.72. The Morgan fingerprint density at radius 3 is 2.45 bits per heavy atom. The van der Waals surface area contributed by atoms with Crippen molar-refractivity contribution in [2.24, 2.45) is 0 Å². The van der Waals surface area contributed by atoms with Crippen molar-refractivity contribution in [1.82, 2.24) is 19.6 Å². The monoisotopic (exact) mass is 567 g/mol. The number of benzene rings is 2. The van der Waals surface area contributed by atoms with Gasteiger partial charge in [-0.1, -0.05) is 89.3 Å². The Morgan fingerprint density at radius 2 is 1.73 bits per heavy atom. The largest absolute Gasteiger partial charge is 0.505 e. The topological polar surface area (TPSA) is 101 Å². The maximum atomic E-state index is 13.6. The molecule has 1 fully saturated rings. The molecule has 1 N–H and O–H groups in total. The fourth-order valence-corrected chi connectivity index (χ4v) is 6.67. The van der Waals surface area contributed by atoms with Crippen molar-refractivity contribution in [2.75, 3.05) is 4.90 Å². The molecular weight excluding hydrogens is 542 g/mol. The van der Waals surface area contributed by atoms with E-state index in [1.807, 2.05) is 98.1 Å². The maximum absolute atomic E-state index is 13.6. The number of pyridine rings is 1. The van der Waals surface area contributed by atoms with Gasteiger partial charge in [0.1, 0.15) is 11.3 Å². The smallest absolute Gasteiger partial charge is 0.301 e. The van der Waals surface area contributed by atoms with E-state index in [4.69, 9.17) is 0 Å². The van der Waals surface area contributed by atoms with E-state index in [1.54, 1.807) is 0 Å². The number of hydrogen-bond acceptors (Lipinski definition) is 8. The molecule has 1 saturated heterocycles. The number of aromatic nitrogens is 4. The van der Waals surface area contributed by atoms with E-state index in [9.17, 15) is 14.7 Å². The lowest BCUT2D eigenvalue weighted by atomic mass is 9.96. The lowest BCUT2D eigenvalue weighted by molar-refractivity contribution is -0.132. The highest BCUT2D eigenvalue weighted by Crippen LogP contribution is 2.44. The van der Waals surface area contributed by atoms with Crippen molar-refractivity contribution in [3.8, 4) is 0 Å². The highest BCUT2D eigenvalue weighted by molar-refractivity contribution is 8.00. The second-order valence-electron chi connectivity index (χ2n) is 9.64. The molecule has 40 heavy (non-hydrogen) atoms. The van der Waals surface area contributed by atoms with Gasteiger partial charge in [-0.15, -0.1) is 10.2 Å². The first kappa shape index (κ1) is 26.0. The van der Waals surface area contributed by atoms with Gasteiger partial charge in [0, 0.05) is 11.9 Å². The van der Waals surface area contributed by atoms with Gasteiger partial charge in [-0.25, -0.2) is 4.98 Å². The molecule has 3 aromatic heterocycles. The van der Waals surface area contributed by atoms with Crippen LogP contribution in [-0.4, -0.2) is 36.4 Å². The first-order valence-corrected chi connectivity index (χ1v) is 14.5. The summed E-state index contributed by atoms with van der Waals surface area (Å²) in [5.41, 5.74) is 5.36. The van der Waals surface area contributed by atoms with Crippen LogP contribution in [0.3, 0.4) is 0 Å². The third-order valence-electron chi connectivity index (χ3n) is 6.95. The Kier molecular flexibility index (Phi) is 6.73. The van der Waals surface area contributed by atoms with Crippen molar-refractivity contribution < 1.29 is 14.7 Å². The molecule has 4 heterocycles. The van der Waals surface area contributed by atoms with Crippen LogP contribution in [-0.2, 0) is 15.3 Å². The summed E-state index contributed by atoms with van der Waals surface area (Å²) in [5.74, 6) is -1.16. The summed E-state index contributed by atoms with van der Waals surface area (Å²) < 4.78 is 2.54. The Labute approximate surface area is 239 Å². The standard InChI is InChI=1S/C30H25N5O3S2/c1-17-11-13-21(14-12-17)24-22(25(36)23-19(3)34-15-7-8-18(2)27(34)31-23)26(37)28(38)35(24)29-32-33-30(40-29)39-16-20-9-5-4-6-10-20/h4-15,24,36H,16H2,1-3H3.